The van der Waals surface area contributed by atoms with Gasteiger partial charge in [-0.25, -0.2) is 0 Å². The van der Waals surface area contributed by atoms with Crippen LogP contribution < -0.4 is 5.73 Å². The van der Waals surface area contributed by atoms with Crippen LogP contribution in [0.25, 0.3) is 0 Å². The van der Waals surface area contributed by atoms with E-state index in [1.807, 2.05) is 0 Å². The lowest BCUT2D eigenvalue weighted by Gasteiger charge is -2.34. The van der Waals surface area contributed by atoms with E-state index >= 15 is 0 Å². The molecule has 5 heteroatoms. The van der Waals surface area contributed by atoms with Gasteiger partial charge >= 0.3 is 0 Å². The molecule has 0 bridgehead atoms. The Hall–Kier alpha value is -0.460. The Balaban J connectivity index is 2.78. The highest BCUT2D eigenvalue weighted by Crippen LogP contribution is 2.28. The molecule has 2 atom stereocenters. The van der Waals surface area contributed by atoms with Crippen LogP contribution in [0.4, 0.5) is 0 Å². The molecule has 0 spiro atoms. The molecule has 1 aromatic heterocycles. The summed E-state index contributed by atoms with van der Waals surface area (Å²) in [5, 5.41) is 2.12. The highest BCUT2D eigenvalue weighted by Gasteiger charge is 2.26. The van der Waals surface area contributed by atoms with Crippen molar-refractivity contribution in [1.29, 1.82) is 0 Å². The van der Waals surface area contributed by atoms with E-state index in [4.69, 9.17) is 15.2 Å². The normalized spacial score (nSPS) is 14.7. The van der Waals surface area contributed by atoms with Gasteiger partial charge in [-0.3, -0.25) is 4.90 Å². The fourth-order valence-corrected chi connectivity index (χ4v) is 3.29. The van der Waals surface area contributed by atoms with E-state index in [0.717, 1.165) is 39.1 Å². The number of rotatable bonds is 11. The van der Waals surface area contributed by atoms with Gasteiger partial charge in [0, 0.05) is 44.8 Å². The van der Waals surface area contributed by atoms with E-state index < -0.39 is 0 Å². The smallest absolute Gasteiger partial charge is 0.0594 e. The summed E-state index contributed by atoms with van der Waals surface area (Å²) >= 11 is 1.78. The van der Waals surface area contributed by atoms with E-state index in [-0.39, 0.29) is 12.1 Å². The molecule has 0 aromatic carbocycles. The Morgan fingerprint density at radius 2 is 2.00 bits per heavy atom. The lowest BCUT2D eigenvalue weighted by atomic mass is 10.0. The molecule has 0 amide bonds. The van der Waals surface area contributed by atoms with Crippen LogP contribution in [0, 0.1) is 0 Å². The van der Waals surface area contributed by atoms with Gasteiger partial charge in [0.1, 0.15) is 0 Å². The maximum atomic E-state index is 6.38. The van der Waals surface area contributed by atoms with Crippen LogP contribution in [0.15, 0.2) is 17.5 Å². The monoisotopic (exact) mass is 300 g/mol. The predicted molar refractivity (Wildman–Crippen MR) is 85.3 cm³/mol. The summed E-state index contributed by atoms with van der Waals surface area (Å²) in [7, 11) is 3.49. The van der Waals surface area contributed by atoms with Crippen molar-refractivity contribution in [3.63, 3.8) is 0 Å². The molecule has 1 heterocycles. The first-order valence-corrected chi connectivity index (χ1v) is 8.13. The topological polar surface area (TPSA) is 47.7 Å². The standard InChI is InChI=1S/C15H28N2O2S/c1-4-13(16)15(14-7-5-12-20-14)17(9-11-19-3)8-6-10-18-2/h5,7,12-13,15H,4,6,8-11,16H2,1-3H3. The molecule has 116 valence electrons. The number of hydrogen-bond acceptors (Lipinski definition) is 5. The first-order chi connectivity index (χ1) is 9.74. The number of thiophene rings is 1. The summed E-state index contributed by atoms with van der Waals surface area (Å²) in [6, 6.07) is 4.69. The first-order valence-electron chi connectivity index (χ1n) is 7.25. The average Bonchev–Trinajstić information content (AvgIpc) is 2.98. The fraction of sp³-hybridized carbons (Fsp3) is 0.733. The number of nitrogens with two attached hydrogens (primary N) is 1. The van der Waals surface area contributed by atoms with Gasteiger partial charge in [0.15, 0.2) is 0 Å². The number of methoxy groups -OCH3 is 2. The van der Waals surface area contributed by atoms with Gasteiger partial charge in [-0.05, 0) is 24.3 Å². The second kappa shape index (κ2) is 10.3. The Morgan fingerprint density at radius 3 is 2.55 bits per heavy atom. The largest absolute Gasteiger partial charge is 0.385 e. The van der Waals surface area contributed by atoms with Gasteiger partial charge in [-0.2, -0.15) is 0 Å². The maximum Gasteiger partial charge on any atom is 0.0594 e. The lowest BCUT2D eigenvalue weighted by Crippen LogP contribution is -2.42. The predicted octanol–water partition coefficient (Wildman–Crippen LogP) is 2.51. The van der Waals surface area contributed by atoms with Crippen molar-refractivity contribution in [3.8, 4) is 0 Å². The number of hydrogen-bond donors (Lipinski definition) is 1. The summed E-state index contributed by atoms with van der Waals surface area (Å²) in [6.07, 6.45) is 1.98. The Labute approximate surface area is 126 Å². The van der Waals surface area contributed by atoms with Gasteiger partial charge in [-0.15, -0.1) is 11.3 Å². The summed E-state index contributed by atoms with van der Waals surface area (Å²) in [5.41, 5.74) is 6.38. The highest BCUT2D eigenvalue weighted by atomic mass is 32.1. The fourth-order valence-electron chi connectivity index (χ4n) is 2.36. The quantitative estimate of drug-likeness (QED) is 0.638. The van der Waals surface area contributed by atoms with Crippen LogP contribution in [0.2, 0.25) is 0 Å². The molecule has 4 nitrogen and oxygen atoms in total. The minimum atomic E-state index is 0.146. The molecule has 0 radical (unpaired) electrons. The third-order valence-electron chi connectivity index (χ3n) is 3.48. The average molecular weight is 300 g/mol. The third kappa shape index (κ3) is 5.50. The minimum Gasteiger partial charge on any atom is -0.385 e. The van der Waals surface area contributed by atoms with Crippen molar-refractivity contribution in [3.05, 3.63) is 22.4 Å². The van der Waals surface area contributed by atoms with Gasteiger partial charge in [0.25, 0.3) is 0 Å². The number of ether oxygens (including phenoxy) is 2. The van der Waals surface area contributed by atoms with Crippen molar-refractivity contribution in [2.24, 2.45) is 5.73 Å². The Bertz CT molecular complexity index is 333. The van der Waals surface area contributed by atoms with Crippen molar-refractivity contribution >= 4 is 11.3 Å². The van der Waals surface area contributed by atoms with Gasteiger partial charge < -0.3 is 15.2 Å². The van der Waals surface area contributed by atoms with E-state index in [9.17, 15) is 0 Å². The van der Waals surface area contributed by atoms with Gasteiger partial charge in [-0.1, -0.05) is 13.0 Å². The zero-order chi connectivity index (χ0) is 14.8. The van der Waals surface area contributed by atoms with Crippen LogP contribution in [0.1, 0.15) is 30.7 Å². The van der Waals surface area contributed by atoms with E-state index in [1.165, 1.54) is 4.88 Å². The molecule has 0 aliphatic carbocycles. The summed E-state index contributed by atoms with van der Waals surface area (Å²) in [5.74, 6) is 0. The molecule has 2 unspecified atom stereocenters. The maximum absolute atomic E-state index is 6.38. The molecule has 0 fully saturated rings. The van der Waals surface area contributed by atoms with Crippen molar-refractivity contribution in [2.75, 3.05) is 40.5 Å². The lowest BCUT2D eigenvalue weighted by molar-refractivity contribution is 0.0965. The van der Waals surface area contributed by atoms with Crippen molar-refractivity contribution in [2.45, 2.75) is 31.8 Å². The zero-order valence-electron chi connectivity index (χ0n) is 12.9. The third-order valence-corrected chi connectivity index (χ3v) is 4.42. The summed E-state index contributed by atoms with van der Waals surface area (Å²) in [4.78, 5) is 3.77. The molecule has 1 rings (SSSR count). The zero-order valence-corrected chi connectivity index (χ0v) is 13.7. The number of nitrogens with zero attached hydrogens (tertiary/aromatic N) is 1. The molecule has 0 saturated heterocycles. The summed E-state index contributed by atoms with van der Waals surface area (Å²) < 4.78 is 10.4. The molecular formula is C15H28N2O2S. The summed E-state index contributed by atoms with van der Waals surface area (Å²) in [6.45, 7) is 5.53. The molecule has 0 saturated carbocycles. The van der Waals surface area contributed by atoms with E-state index in [1.54, 1.807) is 25.6 Å². The van der Waals surface area contributed by atoms with Gasteiger partial charge in [0.2, 0.25) is 0 Å². The minimum absolute atomic E-state index is 0.146. The second-order valence-electron chi connectivity index (χ2n) is 4.91. The van der Waals surface area contributed by atoms with Crippen LogP contribution >= 0.6 is 11.3 Å². The Morgan fingerprint density at radius 1 is 1.25 bits per heavy atom. The van der Waals surface area contributed by atoms with Crippen LogP contribution in [-0.4, -0.2) is 51.5 Å². The molecule has 0 aliphatic rings. The van der Waals surface area contributed by atoms with E-state index in [2.05, 4.69) is 29.3 Å². The van der Waals surface area contributed by atoms with Gasteiger partial charge in [0.05, 0.1) is 12.6 Å². The van der Waals surface area contributed by atoms with Crippen molar-refractivity contribution < 1.29 is 9.47 Å². The molecule has 2 N–H and O–H groups in total. The van der Waals surface area contributed by atoms with Crippen LogP contribution in [0.5, 0.6) is 0 Å². The molecule has 1 aromatic rings. The molecule has 0 aliphatic heterocycles. The van der Waals surface area contributed by atoms with E-state index in [0.29, 0.717) is 0 Å². The highest BCUT2D eigenvalue weighted by molar-refractivity contribution is 7.10. The SMILES string of the molecule is CCC(N)C(c1cccs1)N(CCCOC)CCOC. The first kappa shape index (κ1) is 17.6. The van der Waals surface area contributed by atoms with Crippen molar-refractivity contribution in [1.82, 2.24) is 4.90 Å². The Kier molecular flexibility index (Phi) is 9.05. The molecular weight excluding hydrogens is 272 g/mol. The molecule has 20 heavy (non-hydrogen) atoms. The second-order valence-corrected chi connectivity index (χ2v) is 5.89. The van der Waals surface area contributed by atoms with Crippen LogP contribution in [0.3, 0.4) is 0 Å². The van der Waals surface area contributed by atoms with Crippen LogP contribution in [-0.2, 0) is 9.47 Å².